The summed E-state index contributed by atoms with van der Waals surface area (Å²) in [6.45, 7) is 5.83. The van der Waals surface area contributed by atoms with Crippen LogP contribution in [0.3, 0.4) is 0 Å². The van der Waals surface area contributed by atoms with Crippen LogP contribution >= 0.6 is 0 Å². The van der Waals surface area contributed by atoms with Crippen molar-refractivity contribution >= 4 is 0 Å². The zero-order valence-corrected chi connectivity index (χ0v) is 12.4. The summed E-state index contributed by atoms with van der Waals surface area (Å²) in [5, 5.41) is 3.42. The van der Waals surface area contributed by atoms with Gasteiger partial charge in [-0.15, -0.1) is 0 Å². The summed E-state index contributed by atoms with van der Waals surface area (Å²) in [4.78, 5) is 0. The first-order chi connectivity index (χ1) is 9.26. The number of para-hydroxylation sites is 1. The molecule has 108 valence electrons. The van der Waals surface area contributed by atoms with Crippen molar-refractivity contribution in [2.75, 3.05) is 27.4 Å². The van der Waals surface area contributed by atoms with Crippen LogP contribution in [0.5, 0.6) is 17.2 Å². The minimum Gasteiger partial charge on any atom is -0.493 e. The molecule has 0 aliphatic rings. The maximum atomic E-state index is 5.90. The summed E-state index contributed by atoms with van der Waals surface area (Å²) >= 11 is 0. The second-order valence-corrected chi connectivity index (χ2v) is 4.35. The summed E-state index contributed by atoms with van der Waals surface area (Å²) in [5.41, 5.74) is 0. The molecule has 0 fully saturated rings. The van der Waals surface area contributed by atoms with E-state index in [1.54, 1.807) is 14.2 Å². The molecule has 0 aliphatic heterocycles. The van der Waals surface area contributed by atoms with Gasteiger partial charge >= 0.3 is 0 Å². The van der Waals surface area contributed by atoms with E-state index in [0.29, 0.717) is 29.9 Å². The SMILES string of the molecule is CCCC(COc1c(OC)cccc1OC)NCC. The van der Waals surface area contributed by atoms with Gasteiger partial charge in [-0.25, -0.2) is 0 Å². The van der Waals surface area contributed by atoms with Crippen molar-refractivity contribution in [3.63, 3.8) is 0 Å². The van der Waals surface area contributed by atoms with Crippen molar-refractivity contribution < 1.29 is 14.2 Å². The molecule has 4 nitrogen and oxygen atoms in total. The first kappa shape index (κ1) is 15.6. The maximum Gasteiger partial charge on any atom is 0.203 e. The third-order valence-corrected chi connectivity index (χ3v) is 2.94. The summed E-state index contributed by atoms with van der Waals surface area (Å²) in [6, 6.07) is 5.99. The summed E-state index contributed by atoms with van der Waals surface area (Å²) in [5.74, 6) is 2.07. The van der Waals surface area contributed by atoms with Crippen LogP contribution in [0.4, 0.5) is 0 Å². The van der Waals surface area contributed by atoms with Crippen LogP contribution in [-0.2, 0) is 0 Å². The number of likely N-dealkylation sites (N-methyl/N-ethyl adjacent to an activating group) is 1. The summed E-state index contributed by atoms with van der Waals surface area (Å²) in [7, 11) is 3.27. The molecule has 0 amide bonds. The average Bonchev–Trinajstić information content (AvgIpc) is 2.44. The van der Waals surface area contributed by atoms with E-state index >= 15 is 0 Å². The fraction of sp³-hybridized carbons (Fsp3) is 0.600. The van der Waals surface area contributed by atoms with E-state index in [-0.39, 0.29) is 0 Å². The molecule has 0 spiro atoms. The number of ether oxygens (including phenoxy) is 3. The highest BCUT2D eigenvalue weighted by Gasteiger charge is 2.14. The van der Waals surface area contributed by atoms with Gasteiger partial charge in [0.05, 0.1) is 14.2 Å². The third-order valence-electron chi connectivity index (χ3n) is 2.94. The lowest BCUT2D eigenvalue weighted by atomic mass is 10.2. The Labute approximate surface area is 116 Å². The Bertz CT molecular complexity index is 340. The van der Waals surface area contributed by atoms with Gasteiger partial charge in [0.1, 0.15) is 6.61 Å². The van der Waals surface area contributed by atoms with Crippen LogP contribution in [0.25, 0.3) is 0 Å². The smallest absolute Gasteiger partial charge is 0.203 e. The van der Waals surface area contributed by atoms with E-state index in [4.69, 9.17) is 14.2 Å². The van der Waals surface area contributed by atoms with Crippen LogP contribution in [-0.4, -0.2) is 33.4 Å². The average molecular weight is 267 g/mol. The molecule has 0 saturated heterocycles. The molecule has 1 aromatic carbocycles. The molecular formula is C15H25NO3. The highest BCUT2D eigenvalue weighted by Crippen LogP contribution is 2.36. The molecule has 0 heterocycles. The molecule has 19 heavy (non-hydrogen) atoms. The molecule has 0 aliphatic carbocycles. The normalized spacial score (nSPS) is 12.0. The molecule has 1 unspecified atom stereocenters. The molecule has 0 saturated carbocycles. The van der Waals surface area contributed by atoms with E-state index in [1.807, 2.05) is 18.2 Å². The fourth-order valence-corrected chi connectivity index (χ4v) is 2.02. The zero-order chi connectivity index (χ0) is 14.1. The first-order valence-corrected chi connectivity index (χ1v) is 6.83. The highest BCUT2D eigenvalue weighted by molar-refractivity contribution is 5.51. The van der Waals surface area contributed by atoms with Crippen LogP contribution in [0.15, 0.2) is 18.2 Å². The van der Waals surface area contributed by atoms with Gasteiger partial charge < -0.3 is 19.5 Å². The first-order valence-electron chi connectivity index (χ1n) is 6.83. The second-order valence-electron chi connectivity index (χ2n) is 4.35. The van der Waals surface area contributed by atoms with Gasteiger partial charge in [-0.1, -0.05) is 26.3 Å². The Kier molecular flexibility index (Phi) is 7.11. The van der Waals surface area contributed by atoms with Gasteiger partial charge in [-0.2, -0.15) is 0 Å². The number of nitrogens with one attached hydrogen (secondary N) is 1. The lowest BCUT2D eigenvalue weighted by Gasteiger charge is -2.20. The minimum atomic E-state index is 0.351. The van der Waals surface area contributed by atoms with Gasteiger partial charge in [-0.3, -0.25) is 0 Å². The monoisotopic (exact) mass is 267 g/mol. The van der Waals surface area contributed by atoms with Crippen molar-refractivity contribution in [1.29, 1.82) is 0 Å². The molecule has 1 N–H and O–H groups in total. The molecule has 1 atom stereocenters. The van der Waals surface area contributed by atoms with Gasteiger partial charge in [-0.05, 0) is 25.1 Å². The number of benzene rings is 1. The standard InChI is InChI=1S/C15H25NO3/c1-5-8-12(16-6-2)11-19-15-13(17-3)9-7-10-14(15)18-4/h7,9-10,12,16H,5-6,8,11H2,1-4H3. The van der Waals surface area contributed by atoms with E-state index in [2.05, 4.69) is 19.2 Å². The van der Waals surface area contributed by atoms with Crippen LogP contribution in [0.1, 0.15) is 26.7 Å². The lowest BCUT2D eigenvalue weighted by Crippen LogP contribution is -2.34. The van der Waals surface area contributed by atoms with E-state index in [0.717, 1.165) is 19.4 Å². The second kappa shape index (κ2) is 8.64. The van der Waals surface area contributed by atoms with Gasteiger partial charge in [0.15, 0.2) is 11.5 Å². The zero-order valence-electron chi connectivity index (χ0n) is 12.4. The lowest BCUT2D eigenvalue weighted by molar-refractivity contribution is 0.235. The van der Waals surface area contributed by atoms with E-state index in [9.17, 15) is 0 Å². The third kappa shape index (κ3) is 4.63. The Balaban J connectivity index is 2.74. The van der Waals surface area contributed by atoms with E-state index < -0.39 is 0 Å². The van der Waals surface area contributed by atoms with Gasteiger partial charge in [0, 0.05) is 6.04 Å². The largest absolute Gasteiger partial charge is 0.493 e. The van der Waals surface area contributed by atoms with Crippen LogP contribution in [0.2, 0.25) is 0 Å². The van der Waals surface area contributed by atoms with Crippen LogP contribution in [0, 0.1) is 0 Å². The predicted molar refractivity (Wildman–Crippen MR) is 77.4 cm³/mol. The molecule has 1 aromatic rings. The summed E-state index contributed by atoms with van der Waals surface area (Å²) < 4.78 is 16.5. The molecule has 0 aromatic heterocycles. The van der Waals surface area contributed by atoms with E-state index in [1.165, 1.54) is 0 Å². The number of hydrogen-bond acceptors (Lipinski definition) is 4. The number of hydrogen-bond donors (Lipinski definition) is 1. The van der Waals surface area contributed by atoms with Crippen molar-refractivity contribution in [2.45, 2.75) is 32.7 Å². The highest BCUT2D eigenvalue weighted by atomic mass is 16.5. The van der Waals surface area contributed by atoms with Crippen LogP contribution < -0.4 is 19.5 Å². The molecule has 1 rings (SSSR count). The molecule has 0 radical (unpaired) electrons. The number of rotatable bonds is 9. The summed E-state index contributed by atoms with van der Waals surface area (Å²) in [6.07, 6.45) is 2.22. The predicted octanol–water partition coefficient (Wildman–Crippen LogP) is 2.86. The molecular weight excluding hydrogens is 242 g/mol. The Morgan fingerprint density at radius 1 is 1.11 bits per heavy atom. The Hall–Kier alpha value is -1.42. The topological polar surface area (TPSA) is 39.7 Å². The van der Waals surface area contributed by atoms with Crippen molar-refractivity contribution in [3.8, 4) is 17.2 Å². The van der Waals surface area contributed by atoms with Crippen molar-refractivity contribution in [1.82, 2.24) is 5.32 Å². The quantitative estimate of drug-likeness (QED) is 0.747. The van der Waals surface area contributed by atoms with Gasteiger partial charge in [0.25, 0.3) is 0 Å². The van der Waals surface area contributed by atoms with Gasteiger partial charge in [0.2, 0.25) is 5.75 Å². The molecule has 4 heteroatoms. The number of methoxy groups -OCH3 is 2. The fourth-order valence-electron chi connectivity index (χ4n) is 2.02. The Morgan fingerprint density at radius 3 is 2.21 bits per heavy atom. The minimum absolute atomic E-state index is 0.351. The van der Waals surface area contributed by atoms with Crippen molar-refractivity contribution in [3.05, 3.63) is 18.2 Å². The maximum absolute atomic E-state index is 5.90. The Morgan fingerprint density at radius 2 is 1.74 bits per heavy atom. The van der Waals surface area contributed by atoms with Crippen molar-refractivity contribution in [2.24, 2.45) is 0 Å². The molecule has 0 bridgehead atoms.